The molecule has 1 saturated heterocycles. The molecule has 0 spiro atoms. The SMILES string of the molecule is CN(C)S(=O)(=O)c1cccc(C(=O)C=Cc2ccc(N3CCCCC3)cc2)c1. The molecule has 1 aliphatic heterocycles. The van der Waals surface area contributed by atoms with Gasteiger partial charge in [-0.3, -0.25) is 4.79 Å². The average Bonchev–Trinajstić information content (AvgIpc) is 2.73. The summed E-state index contributed by atoms with van der Waals surface area (Å²) in [5.41, 5.74) is 2.50. The third-order valence-electron chi connectivity index (χ3n) is 4.94. The van der Waals surface area contributed by atoms with Crippen LogP contribution in [0.3, 0.4) is 0 Å². The van der Waals surface area contributed by atoms with Gasteiger partial charge in [0.2, 0.25) is 10.0 Å². The summed E-state index contributed by atoms with van der Waals surface area (Å²) in [5, 5.41) is 0. The monoisotopic (exact) mass is 398 g/mol. The van der Waals surface area contributed by atoms with Crippen LogP contribution in [0.25, 0.3) is 6.08 Å². The Hall–Kier alpha value is -2.44. The summed E-state index contributed by atoms with van der Waals surface area (Å²) in [4.78, 5) is 15.0. The predicted molar refractivity (Wildman–Crippen MR) is 113 cm³/mol. The molecule has 2 aromatic rings. The smallest absolute Gasteiger partial charge is 0.242 e. The Morgan fingerprint density at radius 1 is 1.00 bits per heavy atom. The first-order valence-corrected chi connectivity index (χ1v) is 10.9. The minimum atomic E-state index is -3.56. The molecule has 28 heavy (non-hydrogen) atoms. The van der Waals surface area contributed by atoms with Gasteiger partial charge in [-0.25, -0.2) is 12.7 Å². The molecule has 0 amide bonds. The van der Waals surface area contributed by atoms with Crippen molar-refractivity contribution in [3.8, 4) is 0 Å². The van der Waals surface area contributed by atoms with Crippen molar-refractivity contribution in [1.82, 2.24) is 4.31 Å². The summed E-state index contributed by atoms with van der Waals surface area (Å²) in [5.74, 6) is -0.226. The maximum absolute atomic E-state index is 12.5. The third-order valence-corrected chi connectivity index (χ3v) is 6.75. The molecular weight excluding hydrogens is 372 g/mol. The molecule has 0 radical (unpaired) electrons. The van der Waals surface area contributed by atoms with E-state index in [2.05, 4.69) is 17.0 Å². The van der Waals surface area contributed by atoms with Crippen LogP contribution in [0.1, 0.15) is 35.2 Å². The molecule has 1 aliphatic rings. The summed E-state index contributed by atoms with van der Waals surface area (Å²) >= 11 is 0. The number of anilines is 1. The van der Waals surface area contributed by atoms with E-state index in [-0.39, 0.29) is 10.7 Å². The van der Waals surface area contributed by atoms with Crippen molar-refractivity contribution in [2.45, 2.75) is 24.2 Å². The van der Waals surface area contributed by atoms with Gasteiger partial charge in [0, 0.05) is 38.4 Å². The number of hydrogen-bond donors (Lipinski definition) is 0. The number of sulfonamides is 1. The van der Waals surface area contributed by atoms with Gasteiger partial charge >= 0.3 is 0 Å². The molecular formula is C22H26N2O3S. The van der Waals surface area contributed by atoms with E-state index in [0.717, 1.165) is 23.0 Å². The zero-order valence-electron chi connectivity index (χ0n) is 16.3. The lowest BCUT2D eigenvalue weighted by molar-refractivity contribution is 0.104. The second-order valence-electron chi connectivity index (χ2n) is 7.15. The predicted octanol–water partition coefficient (Wildman–Crippen LogP) is 3.82. The van der Waals surface area contributed by atoms with Crippen LogP contribution in [0.15, 0.2) is 59.5 Å². The molecule has 148 valence electrons. The fourth-order valence-electron chi connectivity index (χ4n) is 3.24. The van der Waals surface area contributed by atoms with Crippen LogP contribution in [0.4, 0.5) is 5.69 Å². The van der Waals surface area contributed by atoms with Crippen molar-refractivity contribution >= 4 is 27.6 Å². The maximum atomic E-state index is 12.5. The number of hydrogen-bond acceptors (Lipinski definition) is 4. The summed E-state index contributed by atoms with van der Waals surface area (Å²) in [6.07, 6.45) is 7.01. The quantitative estimate of drug-likeness (QED) is 0.548. The number of carbonyl (C=O) groups excluding carboxylic acids is 1. The first kappa shape index (κ1) is 20.3. The van der Waals surface area contributed by atoms with E-state index in [1.807, 2.05) is 12.1 Å². The summed E-state index contributed by atoms with van der Waals surface area (Å²) in [6.45, 7) is 2.19. The highest BCUT2D eigenvalue weighted by molar-refractivity contribution is 7.89. The molecule has 0 saturated carbocycles. The fraction of sp³-hybridized carbons (Fsp3) is 0.318. The number of rotatable bonds is 6. The van der Waals surface area contributed by atoms with Crippen molar-refractivity contribution in [3.63, 3.8) is 0 Å². The van der Waals surface area contributed by atoms with E-state index in [0.29, 0.717) is 5.56 Å². The highest BCUT2D eigenvalue weighted by Crippen LogP contribution is 2.21. The van der Waals surface area contributed by atoms with Crippen LogP contribution in [0.2, 0.25) is 0 Å². The van der Waals surface area contributed by atoms with Crippen molar-refractivity contribution in [1.29, 1.82) is 0 Å². The van der Waals surface area contributed by atoms with Crippen molar-refractivity contribution < 1.29 is 13.2 Å². The molecule has 0 atom stereocenters. The van der Waals surface area contributed by atoms with E-state index in [1.165, 1.54) is 57.3 Å². The first-order chi connectivity index (χ1) is 13.4. The molecule has 0 aromatic heterocycles. The molecule has 3 rings (SSSR count). The summed E-state index contributed by atoms with van der Waals surface area (Å²) < 4.78 is 25.6. The number of benzene rings is 2. The Morgan fingerprint density at radius 3 is 2.32 bits per heavy atom. The van der Waals surface area contributed by atoms with Crippen molar-refractivity contribution in [3.05, 3.63) is 65.7 Å². The Kier molecular flexibility index (Phi) is 6.31. The normalized spacial score (nSPS) is 15.3. The standard InChI is InChI=1S/C22H26N2O3S/c1-23(2)28(26,27)21-8-6-7-19(17-21)22(25)14-11-18-9-12-20(13-10-18)24-15-4-3-5-16-24/h6-14,17H,3-5,15-16H2,1-2H3. The molecule has 0 aliphatic carbocycles. The van der Waals surface area contributed by atoms with Gasteiger partial charge in [-0.2, -0.15) is 0 Å². The average molecular weight is 399 g/mol. The van der Waals surface area contributed by atoms with E-state index >= 15 is 0 Å². The first-order valence-electron chi connectivity index (χ1n) is 9.48. The number of allylic oxidation sites excluding steroid dienone is 1. The highest BCUT2D eigenvalue weighted by Gasteiger charge is 2.18. The van der Waals surface area contributed by atoms with E-state index < -0.39 is 10.0 Å². The highest BCUT2D eigenvalue weighted by atomic mass is 32.2. The number of nitrogens with zero attached hydrogens (tertiary/aromatic N) is 2. The molecule has 0 N–H and O–H groups in total. The Bertz CT molecular complexity index is 958. The van der Waals surface area contributed by atoms with Crippen LogP contribution in [0, 0.1) is 0 Å². The van der Waals surface area contributed by atoms with Crippen LogP contribution < -0.4 is 4.90 Å². The summed E-state index contributed by atoms with van der Waals surface area (Å²) in [6, 6.07) is 14.3. The third kappa shape index (κ3) is 4.69. The van der Waals surface area contributed by atoms with Gasteiger partial charge in [0.05, 0.1) is 4.90 Å². The van der Waals surface area contributed by atoms with Gasteiger partial charge in [-0.05, 0) is 55.2 Å². The summed E-state index contributed by atoms with van der Waals surface area (Å²) in [7, 11) is -0.624. The van der Waals surface area contributed by atoms with Crippen LogP contribution in [-0.4, -0.2) is 45.7 Å². The van der Waals surface area contributed by atoms with Gasteiger partial charge in [0.1, 0.15) is 0 Å². The van der Waals surface area contributed by atoms with Gasteiger partial charge in [-0.1, -0.05) is 30.3 Å². The fourth-order valence-corrected chi connectivity index (χ4v) is 4.19. The number of ketones is 1. The van der Waals surface area contributed by atoms with Crippen molar-refractivity contribution in [2.24, 2.45) is 0 Å². The van der Waals surface area contributed by atoms with Gasteiger partial charge in [0.25, 0.3) is 0 Å². The maximum Gasteiger partial charge on any atom is 0.242 e. The Morgan fingerprint density at radius 2 is 1.68 bits per heavy atom. The van der Waals surface area contributed by atoms with E-state index in [1.54, 1.807) is 18.2 Å². The van der Waals surface area contributed by atoms with Crippen molar-refractivity contribution in [2.75, 3.05) is 32.1 Å². The lowest BCUT2D eigenvalue weighted by atomic mass is 10.1. The lowest BCUT2D eigenvalue weighted by Crippen LogP contribution is -2.29. The van der Waals surface area contributed by atoms with Crippen LogP contribution in [0.5, 0.6) is 0 Å². The van der Waals surface area contributed by atoms with Gasteiger partial charge < -0.3 is 4.90 Å². The Balaban J connectivity index is 1.71. The molecule has 0 bridgehead atoms. The minimum absolute atomic E-state index is 0.114. The van der Waals surface area contributed by atoms with Gasteiger partial charge in [-0.15, -0.1) is 0 Å². The lowest BCUT2D eigenvalue weighted by Gasteiger charge is -2.28. The molecule has 5 nitrogen and oxygen atoms in total. The van der Waals surface area contributed by atoms with Crippen LogP contribution in [-0.2, 0) is 10.0 Å². The largest absolute Gasteiger partial charge is 0.372 e. The zero-order chi connectivity index (χ0) is 20.1. The second kappa shape index (κ2) is 8.71. The minimum Gasteiger partial charge on any atom is -0.372 e. The van der Waals surface area contributed by atoms with E-state index in [4.69, 9.17) is 0 Å². The topological polar surface area (TPSA) is 57.7 Å². The molecule has 6 heteroatoms. The number of carbonyl (C=O) groups is 1. The van der Waals surface area contributed by atoms with E-state index in [9.17, 15) is 13.2 Å². The molecule has 1 fully saturated rings. The second-order valence-corrected chi connectivity index (χ2v) is 9.30. The Labute approximate surface area is 167 Å². The van der Waals surface area contributed by atoms with Gasteiger partial charge in [0.15, 0.2) is 5.78 Å². The zero-order valence-corrected chi connectivity index (χ0v) is 17.2. The van der Waals surface area contributed by atoms with Crippen LogP contribution >= 0.6 is 0 Å². The molecule has 0 unspecified atom stereocenters. The molecule has 1 heterocycles. The number of piperidine rings is 1. The molecule has 2 aromatic carbocycles.